The Morgan fingerprint density at radius 2 is 1.62 bits per heavy atom. The average molecular weight is 318 g/mol. The lowest BCUT2D eigenvalue weighted by Crippen LogP contribution is -2.46. The summed E-state index contributed by atoms with van der Waals surface area (Å²) >= 11 is 0. The number of hydrogen-bond donors (Lipinski definition) is 1. The second-order valence-electron chi connectivity index (χ2n) is 6.52. The van der Waals surface area contributed by atoms with Crippen molar-refractivity contribution in [2.45, 2.75) is 46.0 Å². The van der Waals surface area contributed by atoms with Crippen LogP contribution in [0.5, 0.6) is 0 Å². The summed E-state index contributed by atoms with van der Waals surface area (Å²) in [6.07, 6.45) is 4.31. The quantitative estimate of drug-likeness (QED) is 0.853. The summed E-state index contributed by atoms with van der Waals surface area (Å²) in [5.41, 5.74) is -0.946. The van der Waals surface area contributed by atoms with Crippen LogP contribution in [0.15, 0.2) is 0 Å². The van der Waals surface area contributed by atoms with Crippen LogP contribution in [0.1, 0.15) is 46.0 Å². The highest BCUT2D eigenvalue weighted by atomic mass is 32.2. The minimum absolute atomic E-state index is 0.0840. The molecule has 2 saturated heterocycles. The van der Waals surface area contributed by atoms with Gasteiger partial charge in [-0.3, -0.25) is 4.79 Å². The molecule has 122 valence electrons. The van der Waals surface area contributed by atoms with Gasteiger partial charge < -0.3 is 5.11 Å². The molecule has 2 aliphatic heterocycles. The van der Waals surface area contributed by atoms with Crippen molar-refractivity contribution < 1.29 is 18.3 Å². The minimum atomic E-state index is -3.52. The maximum absolute atomic E-state index is 12.7. The number of rotatable bonds is 4. The largest absolute Gasteiger partial charge is 0.481 e. The molecule has 2 fully saturated rings. The number of aliphatic carboxylic acids is 1. The Balaban J connectivity index is 2.17. The molecule has 0 aromatic rings. The van der Waals surface area contributed by atoms with Crippen molar-refractivity contribution in [2.75, 3.05) is 26.2 Å². The van der Waals surface area contributed by atoms with E-state index in [0.717, 1.165) is 25.7 Å². The summed E-state index contributed by atoms with van der Waals surface area (Å²) in [6, 6.07) is 0. The van der Waals surface area contributed by atoms with Crippen LogP contribution in [0.3, 0.4) is 0 Å². The molecule has 0 aromatic carbocycles. The molecule has 1 atom stereocenters. The Labute approximate surface area is 127 Å². The van der Waals surface area contributed by atoms with E-state index in [9.17, 15) is 18.3 Å². The molecule has 2 heterocycles. The smallest absolute Gasteiger partial charge is 0.311 e. The van der Waals surface area contributed by atoms with Crippen molar-refractivity contribution in [1.29, 1.82) is 0 Å². The Morgan fingerprint density at radius 1 is 1.05 bits per heavy atom. The standard InChI is InChI=1S/C14H26N2O4S/c1-12(2)14(13(17)18)7-10-16(11-14)21(19,20)15-8-5-3-4-6-9-15/h12H,3-11H2,1-2H3,(H,17,18). The summed E-state index contributed by atoms with van der Waals surface area (Å²) in [5, 5.41) is 9.54. The van der Waals surface area contributed by atoms with Gasteiger partial charge in [0.1, 0.15) is 0 Å². The summed E-state index contributed by atoms with van der Waals surface area (Å²) in [5.74, 6) is -0.967. The lowest BCUT2D eigenvalue weighted by Gasteiger charge is -2.30. The first-order valence-electron chi connectivity index (χ1n) is 7.79. The van der Waals surface area contributed by atoms with Gasteiger partial charge in [0.25, 0.3) is 10.2 Å². The summed E-state index contributed by atoms with van der Waals surface area (Å²) in [6.45, 7) is 5.23. The van der Waals surface area contributed by atoms with Crippen molar-refractivity contribution in [3.8, 4) is 0 Å². The topological polar surface area (TPSA) is 77.9 Å². The van der Waals surface area contributed by atoms with E-state index < -0.39 is 21.6 Å². The molecule has 1 unspecified atom stereocenters. The summed E-state index contributed by atoms with van der Waals surface area (Å²) in [4.78, 5) is 11.6. The third kappa shape index (κ3) is 3.10. The van der Waals surface area contributed by atoms with Crippen molar-refractivity contribution in [3.05, 3.63) is 0 Å². The monoisotopic (exact) mass is 318 g/mol. The highest BCUT2D eigenvalue weighted by Crippen LogP contribution is 2.39. The van der Waals surface area contributed by atoms with Crippen LogP contribution in [-0.2, 0) is 15.0 Å². The number of nitrogens with zero attached hydrogens (tertiary/aromatic N) is 2. The second kappa shape index (κ2) is 6.22. The molecule has 0 saturated carbocycles. The van der Waals surface area contributed by atoms with Crippen LogP contribution >= 0.6 is 0 Å². The van der Waals surface area contributed by atoms with E-state index in [0.29, 0.717) is 26.1 Å². The number of carboxylic acids is 1. The van der Waals surface area contributed by atoms with Gasteiger partial charge in [-0.05, 0) is 25.2 Å². The average Bonchev–Trinajstić information content (AvgIpc) is 2.70. The number of carboxylic acid groups (broad SMARTS) is 1. The first-order valence-corrected chi connectivity index (χ1v) is 9.19. The molecule has 0 bridgehead atoms. The van der Waals surface area contributed by atoms with Crippen molar-refractivity contribution >= 4 is 16.2 Å². The molecular formula is C14H26N2O4S. The maximum atomic E-state index is 12.7. The van der Waals surface area contributed by atoms with Gasteiger partial charge in [0.15, 0.2) is 0 Å². The molecule has 0 spiro atoms. The fourth-order valence-corrected chi connectivity index (χ4v) is 5.08. The Bertz CT molecular complexity index is 483. The number of carbonyl (C=O) groups is 1. The second-order valence-corrected chi connectivity index (χ2v) is 8.45. The highest BCUT2D eigenvalue weighted by Gasteiger charge is 2.51. The molecule has 7 heteroatoms. The normalized spacial score (nSPS) is 29.7. The van der Waals surface area contributed by atoms with E-state index in [1.807, 2.05) is 13.8 Å². The molecule has 2 rings (SSSR count). The molecule has 2 aliphatic rings. The molecule has 0 aromatic heterocycles. The van der Waals surface area contributed by atoms with Crippen molar-refractivity contribution in [1.82, 2.24) is 8.61 Å². The van der Waals surface area contributed by atoms with Gasteiger partial charge >= 0.3 is 5.97 Å². The van der Waals surface area contributed by atoms with Gasteiger partial charge in [-0.25, -0.2) is 0 Å². The molecule has 0 aliphatic carbocycles. The lowest BCUT2D eigenvalue weighted by atomic mass is 9.77. The summed E-state index contributed by atoms with van der Waals surface area (Å²) in [7, 11) is -3.52. The number of hydrogen-bond acceptors (Lipinski definition) is 3. The Morgan fingerprint density at radius 3 is 2.05 bits per heavy atom. The van der Waals surface area contributed by atoms with Crippen LogP contribution < -0.4 is 0 Å². The summed E-state index contributed by atoms with van der Waals surface area (Å²) < 4.78 is 28.4. The van der Waals surface area contributed by atoms with E-state index in [-0.39, 0.29) is 12.5 Å². The van der Waals surface area contributed by atoms with Crippen molar-refractivity contribution in [3.63, 3.8) is 0 Å². The van der Waals surface area contributed by atoms with Gasteiger partial charge in [0, 0.05) is 26.2 Å². The van der Waals surface area contributed by atoms with Gasteiger partial charge in [0.2, 0.25) is 0 Å². The van der Waals surface area contributed by atoms with Gasteiger partial charge in [-0.15, -0.1) is 0 Å². The van der Waals surface area contributed by atoms with Crippen LogP contribution in [-0.4, -0.2) is 54.3 Å². The van der Waals surface area contributed by atoms with E-state index in [2.05, 4.69) is 0 Å². The lowest BCUT2D eigenvalue weighted by molar-refractivity contribution is -0.150. The molecular weight excluding hydrogens is 292 g/mol. The predicted molar refractivity (Wildman–Crippen MR) is 80.1 cm³/mol. The third-order valence-electron chi connectivity index (χ3n) is 5.01. The fourth-order valence-electron chi connectivity index (χ4n) is 3.32. The molecule has 0 amide bonds. The minimum Gasteiger partial charge on any atom is -0.481 e. The van der Waals surface area contributed by atoms with E-state index in [1.165, 1.54) is 8.61 Å². The zero-order valence-electron chi connectivity index (χ0n) is 12.9. The van der Waals surface area contributed by atoms with Gasteiger partial charge in [-0.1, -0.05) is 26.7 Å². The molecule has 6 nitrogen and oxygen atoms in total. The predicted octanol–water partition coefficient (Wildman–Crippen LogP) is 1.54. The zero-order chi connectivity index (χ0) is 15.7. The van der Waals surface area contributed by atoms with Crippen LogP contribution in [0, 0.1) is 11.3 Å². The van der Waals surface area contributed by atoms with Gasteiger partial charge in [-0.2, -0.15) is 17.0 Å². The first kappa shape index (κ1) is 16.7. The van der Waals surface area contributed by atoms with E-state index in [1.54, 1.807) is 0 Å². The van der Waals surface area contributed by atoms with Crippen LogP contribution in [0.2, 0.25) is 0 Å². The van der Waals surface area contributed by atoms with Crippen LogP contribution in [0.4, 0.5) is 0 Å². The van der Waals surface area contributed by atoms with Gasteiger partial charge in [0.05, 0.1) is 5.41 Å². The third-order valence-corrected chi connectivity index (χ3v) is 7.00. The molecule has 21 heavy (non-hydrogen) atoms. The Hall–Kier alpha value is -0.660. The molecule has 1 N–H and O–H groups in total. The fraction of sp³-hybridized carbons (Fsp3) is 0.929. The van der Waals surface area contributed by atoms with Crippen LogP contribution in [0.25, 0.3) is 0 Å². The van der Waals surface area contributed by atoms with E-state index >= 15 is 0 Å². The first-order chi connectivity index (χ1) is 9.80. The van der Waals surface area contributed by atoms with E-state index in [4.69, 9.17) is 0 Å². The van der Waals surface area contributed by atoms with Crippen molar-refractivity contribution in [2.24, 2.45) is 11.3 Å². The zero-order valence-corrected chi connectivity index (χ0v) is 13.7. The molecule has 0 radical (unpaired) electrons. The maximum Gasteiger partial charge on any atom is 0.311 e. The Kier molecular flexibility index (Phi) is 4.95. The SMILES string of the molecule is CC(C)C1(C(=O)O)CCN(S(=O)(=O)N2CCCCCC2)C1. The highest BCUT2D eigenvalue weighted by molar-refractivity contribution is 7.86.